The van der Waals surface area contributed by atoms with Gasteiger partial charge in [0.05, 0.1) is 19.8 Å². The first kappa shape index (κ1) is 20.0. The second-order valence-corrected chi connectivity index (χ2v) is 5.64. The summed E-state index contributed by atoms with van der Waals surface area (Å²) in [6.45, 7) is -0.278. The zero-order valence-electron chi connectivity index (χ0n) is 15.1. The number of rotatable bonds is 8. The van der Waals surface area contributed by atoms with Crippen molar-refractivity contribution in [3.05, 3.63) is 65.7 Å². The molecule has 0 saturated carbocycles. The van der Waals surface area contributed by atoms with Crippen molar-refractivity contribution in [2.24, 2.45) is 0 Å². The van der Waals surface area contributed by atoms with Gasteiger partial charge in [0.1, 0.15) is 11.8 Å². The van der Waals surface area contributed by atoms with Crippen LogP contribution in [0.3, 0.4) is 0 Å². The molecular formula is C20H21NO6. The Morgan fingerprint density at radius 2 is 1.59 bits per heavy atom. The fourth-order valence-electron chi connectivity index (χ4n) is 2.38. The summed E-state index contributed by atoms with van der Waals surface area (Å²) in [5, 5.41) is 2.61. The van der Waals surface area contributed by atoms with E-state index in [9.17, 15) is 14.4 Å². The number of carbonyl (C=O) groups excluding carboxylic acids is 3. The van der Waals surface area contributed by atoms with Crippen LogP contribution in [-0.2, 0) is 25.5 Å². The van der Waals surface area contributed by atoms with Gasteiger partial charge >= 0.3 is 11.9 Å². The quantitative estimate of drug-likeness (QED) is 0.711. The molecule has 0 aromatic heterocycles. The molecule has 0 fully saturated rings. The minimum Gasteiger partial charge on any atom is -0.484 e. The molecule has 2 aromatic rings. The van der Waals surface area contributed by atoms with E-state index in [-0.39, 0.29) is 6.61 Å². The summed E-state index contributed by atoms with van der Waals surface area (Å²) in [6, 6.07) is 14.7. The van der Waals surface area contributed by atoms with Gasteiger partial charge in [-0.1, -0.05) is 30.3 Å². The van der Waals surface area contributed by atoms with E-state index in [0.717, 1.165) is 5.56 Å². The first-order valence-electron chi connectivity index (χ1n) is 8.25. The maximum Gasteiger partial charge on any atom is 0.337 e. The Morgan fingerprint density at radius 1 is 0.926 bits per heavy atom. The Balaban J connectivity index is 1.91. The van der Waals surface area contributed by atoms with Crippen molar-refractivity contribution in [2.45, 2.75) is 12.5 Å². The topological polar surface area (TPSA) is 90.9 Å². The highest BCUT2D eigenvalue weighted by atomic mass is 16.5. The van der Waals surface area contributed by atoms with E-state index in [0.29, 0.717) is 17.7 Å². The molecule has 0 spiro atoms. The average molecular weight is 371 g/mol. The zero-order valence-corrected chi connectivity index (χ0v) is 15.1. The molecule has 2 aromatic carbocycles. The summed E-state index contributed by atoms with van der Waals surface area (Å²) < 4.78 is 14.8. The van der Waals surface area contributed by atoms with Crippen LogP contribution in [0.25, 0.3) is 0 Å². The van der Waals surface area contributed by atoms with Gasteiger partial charge in [-0.05, 0) is 29.8 Å². The minimum atomic E-state index is -0.810. The normalized spacial score (nSPS) is 11.2. The molecular weight excluding hydrogens is 350 g/mol. The van der Waals surface area contributed by atoms with Crippen LogP contribution in [0, 0.1) is 0 Å². The van der Waals surface area contributed by atoms with Crippen LogP contribution in [0.1, 0.15) is 15.9 Å². The summed E-state index contributed by atoms with van der Waals surface area (Å²) >= 11 is 0. The molecule has 1 amide bonds. The molecule has 0 bridgehead atoms. The highest BCUT2D eigenvalue weighted by Crippen LogP contribution is 2.13. The molecule has 0 unspecified atom stereocenters. The number of amides is 1. The van der Waals surface area contributed by atoms with E-state index in [1.54, 1.807) is 12.1 Å². The molecule has 0 aliphatic heterocycles. The van der Waals surface area contributed by atoms with Gasteiger partial charge in [-0.2, -0.15) is 0 Å². The average Bonchev–Trinajstić information content (AvgIpc) is 2.71. The molecule has 1 atom stereocenters. The number of methoxy groups -OCH3 is 2. The Hall–Kier alpha value is -3.35. The molecule has 0 heterocycles. The van der Waals surface area contributed by atoms with E-state index >= 15 is 0 Å². The lowest BCUT2D eigenvalue weighted by Gasteiger charge is -2.17. The maximum absolute atomic E-state index is 12.1. The van der Waals surface area contributed by atoms with Crippen molar-refractivity contribution >= 4 is 17.8 Å². The number of carbonyl (C=O) groups is 3. The molecule has 1 N–H and O–H groups in total. The Morgan fingerprint density at radius 3 is 2.19 bits per heavy atom. The highest BCUT2D eigenvalue weighted by molar-refractivity contribution is 5.89. The third-order valence-corrected chi connectivity index (χ3v) is 3.75. The number of nitrogens with one attached hydrogen (secondary N) is 1. The van der Waals surface area contributed by atoms with Crippen LogP contribution in [0.4, 0.5) is 0 Å². The van der Waals surface area contributed by atoms with E-state index in [1.807, 2.05) is 30.3 Å². The van der Waals surface area contributed by atoms with Crippen LogP contribution in [0.2, 0.25) is 0 Å². The molecule has 7 heteroatoms. The number of hydrogen-bond acceptors (Lipinski definition) is 6. The van der Waals surface area contributed by atoms with Crippen LogP contribution in [0.5, 0.6) is 5.75 Å². The number of esters is 2. The van der Waals surface area contributed by atoms with Crippen molar-refractivity contribution in [3.63, 3.8) is 0 Å². The van der Waals surface area contributed by atoms with Gasteiger partial charge in [-0.3, -0.25) is 4.79 Å². The van der Waals surface area contributed by atoms with Crippen molar-refractivity contribution in [1.29, 1.82) is 0 Å². The van der Waals surface area contributed by atoms with Crippen molar-refractivity contribution < 1.29 is 28.6 Å². The minimum absolute atomic E-state index is 0.278. The van der Waals surface area contributed by atoms with Crippen LogP contribution in [-0.4, -0.2) is 44.7 Å². The Kier molecular flexibility index (Phi) is 7.37. The van der Waals surface area contributed by atoms with Gasteiger partial charge in [-0.25, -0.2) is 9.59 Å². The second-order valence-electron chi connectivity index (χ2n) is 5.64. The number of benzene rings is 2. The fraction of sp³-hybridized carbons (Fsp3) is 0.250. The number of ether oxygens (including phenoxy) is 3. The molecule has 0 radical (unpaired) electrons. The third-order valence-electron chi connectivity index (χ3n) is 3.75. The maximum atomic E-state index is 12.1. The fourth-order valence-corrected chi connectivity index (χ4v) is 2.38. The second kappa shape index (κ2) is 9.96. The van der Waals surface area contributed by atoms with Crippen molar-refractivity contribution in [1.82, 2.24) is 5.32 Å². The van der Waals surface area contributed by atoms with E-state index in [4.69, 9.17) is 9.47 Å². The van der Waals surface area contributed by atoms with Gasteiger partial charge in [-0.15, -0.1) is 0 Å². The first-order valence-corrected chi connectivity index (χ1v) is 8.25. The van der Waals surface area contributed by atoms with Crippen LogP contribution in [0.15, 0.2) is 54.6 Å². The monoisotopic (exact) mass is 371 g/mol. The van der Waals surface area contributed by atoms with E-state index < -0.39 is 23.9 Å². The van der Waals surface area contributed by atoms with E-state index in [2.05, 4.69) is 10.1 Å². The molecule has 7 nitrogen and oxygen atoms in total. The van der Waals surface area contributed by atoms with Gasteiger partial charge in [0.25, 0.3) is 5.91 Å². The van der Waals surface area contributed by atoms with Crippen molar-refractivity contribution in [3.8, 4) is 5.75 Å². The van der Waals surface area contributed by atoms with E-state index in [1.165, 1.54) is 26.4 Å². The zero-order chi connectivity index (χ0) is 19.6. The molecule has 2 rings (SSSR count). The Labute approximate surface area is 157 Å². The summed E-state index contributed by atoms with van der Waals surface area (Å²) in [6.07, 6.45) is 0.313. The molecule has 142 valence electrons. The first-order chi connectivity index (χ1) is 13.0. The lowest BCUT2D eigenvalue weighted by molar-refractivity contribution is -0.145. The largest absolute Gasteiger partial charge is 0.484 e. The van der Waals surface area contributed by atoms with Crippen LogP contribution < -0.4 is 10.1 Å². The predicted octanol–water partition coefficient (Wildman–Crippen LogP) is 1.75. The molecule has 27 heavy (non-hydrogen) atoms. The van der Waals surface area contributed by atoms with Gasteiger partial charge in [0.15, 0.2) is 6.61 Å². The molecule has 0 aliphatic rings. The van der Waals surface area contributed by atoms with Gasteiger partial charge < -0.3 is 19.5 Å². The summed E-state index contributed by atoms with van der Waals surface area (Å²) in [7, 11) is 2.57. The third kappa shape index (κ3) is 6.14. The lowest BCUT2D eigenvalue weighted by atomic mass is 10.1. The number of hydrogen-bond donors (Lipinski definition) is 1. The highest BCUT2D eigenvalue weighted by Gasteiger charge is 2.22. The summed E-state index contributed by atoms with van der Waals surface area (Å²) in [5.41, 5.74) is 1.27. The smallest absolute Gasteiger partial charge is 0.337 e. The molecule has 0 aliphatic carbocycles. The predicted molar refractivity (Wildman–Crippen MR) is 97.4 cm³/mol. The Bertz CT molecular complexity index is 773. The standard InChI is InChI=1S/C20H21NO6/c1-25-19(23)15-8-10-16(11-9-15)27-13-18(22)21-17(20(24)26-2)12-14-6-4-3-5-7-14/h3-11,17H,12-13H2,1-2H3,(H,21,22)/t17-/m1/s1. The van der Waals surface area contributed by atoms with Gasteiger partial charge in [0.2, 0.25) is 0 Å². The summed E-state index contributed by atoms with van der Waals surface area (Å²) in [4.78, 5) is 35.5. The van der Waals surface area contributed by atoms with Crippen LogP contribution >= 0.6 is 0 Å². The lowest BCUT2D eigenvalue weighted by Crippen LogP contribution is -2.44. The SMILES string of the molecule is COC(=O)c1ccc(OCC(=O)N[C@H](Cc2ccccc2)C(=O)OC)cc1. The van der Waals surface area contributed by atoms with Crippen molar-refractivity contribution in [2.75, 3.05) is 20.8 Å². The summed E-state index contributed by atoms with van der Waals surface area (Å²) in [5.74, 6) is -1.04. The molecule has 0 saturated heterocycles. The van der Waals surface area contributed by atoms with Gasteiger partial charge in [0, 0.05) is 6.42 Å².